The molecule has 4 nitrogen and oxygen atoms in total. The number of amides is 1. The average molecular weight is 345 g/mol. The van der Waals surface area contributed by atoms with Gasteiger partial charge in [-0.15, -0.1) is 0 Å². The van der Waals surface area contributed by atoms with E-state index in [4.69, 9.17) is 9.39 Å². The van der Waals surface area contributed by atoms with Gasteiger partial charge < -0.3 is 14.7 Å². The van der Waals surface area contributed by atoms with Crippen molar-refractivity contribution in [2.45, 2.75) is 65.3 Å². The number of carbonyl (C=O) groups is 1. The van der Waals surface area contributed by atoms with E-state index in [2.05, 4.69) is 39.1 Å². The molecule has 1 amide bonds. The van der Waals surface area contributed by atoms with Crippen molar-refractivity contribution >= 4 is 24.0 Å². The number of rotatable bonds is 3. The lowest BCUT2D eigenvalue weighted by molar-refractivity contribution is -0.122. The maximum Gasteiger partial charge on any atom is 0.335 e. The summed E-state index contributed by atoms with van der Waals surface area (Å²) < 4.78 is 11.4. The third-order valence-corrected chi connectivity index (χ3v) is 5.67. The zero-order chi connectivity index (χ0) is 18.7. The number of ether oxygens (including phenoxy) is 1. The molecule has 1 aromatic carbocycles. The molecule has 0 bridgehead atoms. The Kier molecular flexibility index (Phi) is 6.33. The Labute approximate surface area is 152 Å². The molecule has 3 rings (SSSR count). The molecule has 0 spiro atoms. The minimum atomic E-state index is -0.126. The Morgan fingerprint density at radius 2 is 1.80 bits per heavy atom. The summed E-state index contributed by atoms with van der Waals surface area (Å²) in [5, 5.41) is 3.12. The molecule has 138 valence electrons. The fraction of sp³-hybridized carbons (Fsp3) is 0.650. The van der Waals surface area contributed by atoms with E-state index in [0.29, 0.717) is 13.2 Å². The van der Waals surface area contributed by atoms with Crippen LogP contribution in [-0.4, -0.2) is 31.6 Å². The standard InChI is InChI=1S/C18H26BNO3.C2H6/c1-17(2)18(3,4)23-19(17)14-6-5-7-15(12-14)20-16(21)13-8-10-22-11-9-13;1-2/h5-7,12-13H,8-11H2,1-4H3,(H,20,21);1-2H3. The van der Waals surface area contributed by atoms with Gasteiger partial charge in [-0.3, -0.25) is 4.79 Å². The van der Waals surface area contributed by atoms with Crippen LogP contribution < -0.4 is 10.8 Å². The fourth-order valence-corrected chi connectivity index (χ4v) is 3.32. The number of hydrogen-bond donors (Lipinski definition) is 1. The van der Waals surface area contributed by atoms with Gasteiger partial charge in [0.2, 0.25) is 5.91 Å². The van der Waals surface area contributed by atoms with Crippen molar-refractivity contribution in [2.75, 3.05) is 18.5 Å². The predicted octanol–water partition coefficient (Wildman–Crippen LogP) is 3.87. The van der Waals surface area contributed by atoms with E-state index in [1.165, 1.54) is 0 Å². The molecular weight excluding hydrogens is 313 g/mol. The van der Waals surface area contributed by atoms with Crippen molar-refractivity contribution < 1.29 is 14.2 Å². The van der Waals surface area contributed by atoms with Crippen molar-refractivity contribution in [2.24, 2.45) is 5.92 Å². The molecule has 0 aromatic heterocycles. The van der Waals surface area contributed by atoms with E-state index >= 15 is 0 Å². The summed E-state index contributed by atoms with van der Waals surface area (Å²) in [4.78, 5) is 12.4. The molecule has 0 unspecified atom stereocenters. The smallest absolute Gasteiger partial charge is 0.335 e. The Bertz CT molecular complexity index is 594. The minimum absolute atomic E-state index is 0.0581. The summed E-state index contributed by atoms with van der Waals surface area (Å²) in [6.45, 7) is 14.1. The summed E-state index contributed by atoms with van der Waals surface area (Å²) in [6, 6.07) is 8.04. The van der Waals surface area contributed by atoms with Crippen LogP contribution in [0.25, 0.3) is 0 Å². The van der Waals surface area contributed by atoms with Gasteiger partial charge in [-0.25, -0.2) is 0 Å². The summed E-state index contributed by atoms with van der Waals surface area (Å²) in [5.74, 6) is 0.155. The minimum Gasteiger partial charge on any atom is -0.425 e. The van der Waals surface area contributed by atoms with Gasteiger partial charge in [-0.2, -0.15) is 0 Å². The van der Waals surface area contributed by atoms with E-state index in [1.54, 1.807) is 0 Å². The Morgan fingerprint density at radius 3 is 2.36 bits per heavy atom. The molecule has 2 aliphatic rings. The quantitative estimate of drug-likeness (QED) is 0.846. The van der Waals surface area contributed by atoms with Crippen LogP contribution in [0.3, 0.4) is 0 Å². The lowest BCUT2D eigenvalue weighted by Gasteiger charge is -2.57. The highest BCUT2D eigenvalue weighted by Gasteiger charge is 2.59. The van der Waals surface area contributed by atoms with Crippen LogP contribution in [0.4, 0.5) is 5.69 Å². The van der Waals surface area contributed by atoms with Crippen molar-refractivity contribution in [3.63, 3.8) is 0 Å². The van der Waals surface area contributed by atoms with E-state index in [1.807, 2.05) is 32.0 Å². The van der Waals surface area contributed by atoms with Crippen LogP contribution in [0.5, 0.6) is 0 Å². The molecule has 0 saturated carbocycles. The van der Waals surface area contributed by atoms with E-state index in [-0.39, 0.29) is 29.7 Å². The number of nitrogens with one attached hydrogen (secondary N) is 1. The van der Waals surface area contributed by atoms with Crippen LogP contribution in [0.1, 0.15) is 54.4 Å². The van der Waals surface area contributed by atoms with Crippen molar-refractivity contribution in [1.29, 1.82) is 0 Å². The lowest BCUT2D eigenvalue weighted by Crippen LogP contribution is -2.66. The van der Waals surface area contributed by atoms with Gasteiger partial charge in [-0.1, -0.05) is 39.8 Å². The van der Waals surface area contributed by atoms with Gasteiger partial charge in [0.1, 0.15) is 0 Å². The van der Waals surface area contributed by atoms with Crippen molar-refractivity contribution in [3.05, 3.63) is 24.3 Å². The molecule has 2 fully saturated rings. The molecule has 2 heterocycles. The lowest BCUT2D eigenvalue weighted by atomic mass is 9.33. The van der Waals surface area contributed by atoms with E-state index in [9.17, 15) is 4.79 Å². The second-order valence-electron chi connectivity index (χ2n) is 7.73. The molecule has 1 aromatic rings. The molecule has 0 aliphatic carbocycles. The average Bonchev–Trinajstić information content (AvgIpc) is 2.62. The topological polar surface area (TPSA) is 47.6 Å². The Hall–Kier alpha value is -1.33. The highest BCUT2D eigenvalue weighted by atomic mass is 16.5. The number of anilines is 1. The maximum atomic E-state index is 12.4. The van der Waals surface area contributed by atoms with Gasteiger partial charge in [-0.05, 0) is 44.3 Å². The van der Waals surface area contributed by atoms with Crippen LogP contribution >= 0.6 is 0 Å². The normalized spacial score (nSPS) is 21.6. The molecule has 0 atom stereocenters. The zero-order valence-electron chi connectivity index (χ0n) is 16.5. The molecule has 2 saturated heterocycles. The molecule has 1 N–H and O–H groups in total. The Balaban J connectivity index is 0.00000109. The van der Waals surface area contributed by atoms with Crippen molar-refractivity contribution in [3.8, 4) is 0 Å². The Morgan fingerprint density at radius 1 is 1.16 bits per heavy atom. The van der Waals surface area contributed by atoms with Crippen molar-refractivity contribution in [1.82, 2.24) is 0 Å². The summed E-state index contributed by atoms with van der Waals surface area (Å²) in [6.07, 6.45) is 1.61. The fourth-order valence-electron chi connectivity index (χ4n) is 3.32. The highest BCUT2D eigenvalue weighted by molar-refractivity contribution is 6.73. The monoisotopic (exact) mass is 345 g/mol. The van der Waals surface area contributed by atoms with Crippen LogP contribution in [-0.2, 0) is 14.2 Å². The zero-order valence-corrected chi connectivity index (χ0v) is 16.5. The molecule has 2 aliphatic heterocycles. The van der Waals surface area contributed by atoms with Crippen LogP contribution in [0.15, 0.2) is 24.3 Å². The van der Waals surface area contributed by atoms with Gasteiger partial charge in [0.15, 0.2) is 0 Å². The van der Waals surface area contributed by atoms with Gasteiger partial charge >= 0.3 is 6.92 Å². The number of hydrogen-bond acceptors (Lipinski definition) is 3. The second kappa shape index (κ2) is 7.92. The molecule has 5 heteroatoms. The highest BCUT2D eigenvalue weighted by Crippen LogP contribution is 2.53. The molecule has 25 heavy (non-hydrogen) atoms. The number of carbonyl (C=O) groups excluding carboxylic acids is 1. The van der Waals surface area contributed by atoms with Crippen LogP contribution in [0.2, 0.25) is 5.31 Å². The first-order valence-electron chi connectivity index (χ1n) is 9.48. The molecular formula is C20H32BNO3. The third kappa shape index (κ3) is 4.09. The number of benzene rings is 1. The first-order chi connectivity index (χ1) is 11.8. The van der Waals surface area contributed by atoms with Gasteiger partial charge in [0.05, 0.1) is 0 Å². The van der Waals surface area contributed by atoms with Gasteiger partial charge in [0, 0.05) is 35.7 Å². The largest absolute Gasteiger partial charge is 0.425 e. The predicted molar refractivity (Wildman–Crippen MR) is 105 cm³/mol. The summed E-state index contributed by atoms with van der Waals surface area (Å²) >= 11 is 0. The third-order valence-electron chi connectivity index (χ3n) is 5.67. The van der Waals surface area contributed by atoms with Crippen LogP contribution in [0, 0.1) is 5.92 Å². The van der Waals surface area contributed by atoms with E-state index < -0.39 is 0 Å². The second-order valence-corrected chi connectivity index (χ2v) is 7.73. The maximum absolute atomic E-state index is 12.4. The summed E-state index contributed by atoms with van der Waals surface area (Å²) in [7, 11) is 0. The summed E-state index contributed by atoms with van der Waals surface area (Å²) in [5.41, 5.74) is 1.85. The first-order valence-corrected chi connectivity index (χ1v) is 9.48. The van der Waals surface area contributed by atoms with Gasteiger partial charge in [0.25, 0.3) is 0 Å². The molecule has 0 radical (unpaired) electrons. The first kappa shape index (κ1) is 20.0. The van der Waals surface area contributed by atoms with E-state index in [0.717, 1.165) is 24.0 Å². The SMILES string of the molecule is CC.CC1(C)OB(c2cccc(NC(=O)C3CCOCC3)c2)C1(C)C.